The molecule has 162 valence electrons. The maximum atomic E-state index is 12.5. The number of carbonyl (C=O) groups excluding carboxylic acids is 1. The number of nitrogens with zero attached hydrogens (tertiary/aromatic N) is 1. The molecule has 1 heterocycles. The van der Waals surface area contributed by atoms with Crippen LogP contribution >= 0.6 is 11.8 Å². The minimum absolute atomic E-state index is 0.164. The van der Waals surface area contributed by atoms with Crippen molar-refractivity contribution in [2.75, 3.05) is 7.11 Å². The third kappa shape index (κ3) is 5.03. The largest absolute Gasteiger partial charge is 0.493 e. The van der Waals surface area contributed by atoms with Crippen LogP contribution in [0.5, 0.6) is 11.5 Å². The molecule has 32 heavy (non-hydrogen) atoms. The van der Waals surface area contributed by atoms with Gasteiger partial charge >= 0.3 is 0 Å². The summed E-state index contributed by atoms with van der Waals surface area (Å²) in [7, 11) is 1.61. The Morgan fingerprint density at radius 1 is 0.969 bits per heavy atom. The molecule has 0 unspecified atom stereocenters. The standard InChI is InChI=1S/C26H24N2O3S/c1-17-8-7-9-18(2)24(17)27-26-28-25(29)23(32-26)15-20-12-13-21(22(14-20)30-3)31-16-19-10-5-4-6-11-19/h4-15H,16H2,1-3H3,(H,27,28,29)/b23-15-. The lowest BCUT2D eigenvalue weighted by molar-refractivity contribution is -0.115. The van der Waals surface area contributed by atoms with Crippen molar-refractivity contribution in [3.8, 4) is 11.5 Å². The van der Waals surface area contributed by atoms with E-state index in [0.29, 0.717) is 28.2 Å². The Balaban J connectivity index is 1.52. The van der Waals surface area contributed by atoms with E-state index in [1.165, 1.54) is 11.8 Å². The van der Waals surface area contributed by atoms with Crippen LogP contribution in [0.4, 0.5) is 5.69 Å². The van der Waals surface area contributed by atoms with Gasteiger partial charge in [0.1, 0.15) is 6.61 Å². The molecule has 0 bridgehead atoms. The van der Waals surface area contributed by atoms with Crippen LogP contribution in [0, 0.1) is 13.8 Å². The van der Waals surface area contributed by atoms with Crippen molar-refractivity contribution >= 4 is 34.6 Å². The van der Waals surface area contributed by atoms with Gasteiger partial charge in [-0.15, -0.1) is 0 Å². The number of hydrogen-bond acceptors (Lipinski definition) is 5. The Morgan fingerprint density at radius 2 is 1.72 bits per heavy atom. The van der Waals surface area contributed by atoms with Crippen molar-refractivity contribution in [2.45, 2.75) is 20.5 Å². The van der Waals surface area contributed by atoms with Crippen LogP contribution in [0.3, 0.4) is 0 Å². The highest BCUT2D eigenvalue weighted by Gasteiger charge is 2.24. The number of aryl methyl sites for hydroxylation is 2. The highest BCUT2D eigenvalue weighted by atomic mass is 32.2. The first-order valence-electron chi connectivity index (χ1n) is 10.2. The molecule has 5 nitrogen and oxygen atoms in total. The van der Waals surface area contributed by atoms with Gasteiger partial charge in [0.2, 0.25) is 0 Å². The monoisotopic (exact) mass is 444 g/mol. The predicted octanol–water partition coefficient (Wildman–Crippen LogP) is 5.78. The fourth-order valence-electron chi connectivity index (χ4n) is 3.34. The van der Waals surface area contributed by atoms with Crippen LogP contribution in [0.15, 0.2) is 76.6 Å². The molecule has 1 fully saturated rings. The molecule has 0 atom stereocenters. The van der Waals surface area contributed by atoms with Gasteiger partial charge in [0.05, 0.1) is 17.7 Å². The zero-order chi connectivity index (χ0) is 22.5. The van der Waals surface area contributed by atoms with Crippen LogP contribution < -0.4 is 14.8 Å². The molecule has 1 N–H and O–H groups in total. The summed E-state index contributed by atoms with van der Waals surface area (Å²) in [4.78, 5) is 17.7. The number of rotatable bonds is 6. The van der Waals surface area contributed by atoms with E-state index in [1.54, 1.807) is 7.11 Å². The Labute approximate surface area is 192 Å². The number of thioether (sulfide) groups is 1. The molecule has 0 saturated carbocycles. The molecule has 6 heteroatoms. The molecule has 1 amide bonds. The van der Waals surface area contributed by atoms with E-state index in [1.807, 2.05) is 86.7 Å². The first-order valence-corrected chi connectivity index (χ1v) is 11.1. The molecule has 3 aromatic rings. The van der Waals surface area contributed by atoms with E-state index in [4.69, 9.17) is 9.47 Å². The highest BCUT2D eigenvalue weighted by molar-refractivity contribution is 8.18. The van der Waals surface area contributed by atoms with Gasteiger partial charge < -0.3 is 14.8 Å². The summed E-state index contributed by atoms with van der Waals surface area (Å²) in [5, 5.41) is 3.43. The van der Waals surface area contributed by atoms with Crippen LogP contribution in [-0.2, 0) is 11.4 Å². The Morgan fingerprint density at radius 3 is 2.44 bits per heavy atom. The third-order valence-corrected chi connectivity index (χ3v) is 5.94. The van der Waals surface area contributed by atoms with E-state index < -0.39 is 0 Å². The zero-order valence-corrected chi connectivity index (χ0v) is 19.0. The number of methoxy groups -OCH3 is 1. The number of amidine groups is 1. The fraction of sp³-hybridized carbons (Fsp3) is 0.154. The molecular weight excluding hydrogens is 420 g/mol. The predicted molar refractivity (Wildman–Crippen MR) is 130 cm³/mol. The molecule has 0 spiro atoms. The number of nitrogens with one attached hydrogen (secondary N) is 1. The number of ether oxygens (including phenoxy) is 2. The van der Waals surface area contributed by atoms with Gasteiger partial charge in [-0.3, -0.25) is 4.79 Å². The number of carbonyl (C=O) groups is 1. The van der Waals surface area contributed by atoms with Crippen molar-refractivity contribution in [3.63, 3.8) is 0 Å². The minimum Gasteiger partial charge on any atom is -0.493 e. The second-order valence-electron chi connectivity index (χ2n) is 7.41. The van der Waals surface area contributed by atoms with Gasteiger partial charge in [0, 0.05) is 0 Å². The third-order valence-electron chi connectivity index (χ3n) is 5.03. The van der Waals surface area contributed by atoms with E-state index >= 15 is 0 Å². The summed E-state index contributed by atoms with van der Waals surface area (Å²) < 4.78 is 11.4. The number of para-hydroxylation sites is 1. The minimum atomic E-state index is -0.164. The molecule has 4 rings (SSSR count). The smallest absolute Gasteiger partial charge is 0.264 e. The fourth-order valence-corrected chi connectivity index (χ4v) is 4.17. The summed E-state index contributed by atoms with van der Waals surface area (Å²) in [6.45, 7) is 4.48. The number of amides is 1. The maximum absolute atomic E-state index is 12.5. The maximum Gasteiger partial charge on any atom is 0.264 e. The normalized spacial score (nSPS) is 15.8. The molecule has 3 aromatic carbocycles. The summed E-state index contributed by atoms with van der Waals surface area (Å²) in [6.07, 6.45) is 1.83. The SMILES string of the molecule is COc1cc(/C=C2\SC(=Nc3c(C)cccc3C)NC2=O)ccc1OCc1ccccc1. The quantitative estimate of drug-likeness (QED) is 0.490. The van der Waals surface area contributed by atoms with Gasteiger partial charge in [0.25, 0.3) is 5.91 Å². The summed E-state index contributed by atoms with van der Waals surface area (Å²) in [6, 6.07) is 21.6. The molecule has 0 aliphatic carbocycles. The van der Waals surface area contributed by atoms with Crippen molar-refractivity contribution in [3.05, 3.63) is 93.9 Å². The molecule has 0 aromatic heterocycles. The van der Waals surface area contributed by atoms with E-state index in [2.05, 4.69) is 10.3 Å². The Bertz CT molecular complexity index is 1180. The van der Waals surface area contributed by atoms with Crippen LogP contribution in [0.25, 0.3) is 6.08 Å². The van der Waals surface area contributed by atoms with Crippen LogP contribution in [0.2, 0.25) is 0 Å². The Hall–Kier alpha value is -3.51. The molecule has 1 saturated heterocycles. The number of aliphatic imine (C=N–C) groups is 1. The summed E-state index contributed by atoms with van der Waals surface area (Å²) in [5.41, 5.74) is 4.95. The van der Waals surface area contributed by atoms with Crippen molar-refractivity contribution < 1.29 is 14.3 Å². The van der Waals surface area contributed by atoms with Gasteiger partial charge in [0.15, 0.2) is 16.7 Å². The first-order chi connectivity index (χ1) is 15.5. The highest BCUT2D eigenvalue weighted by Crippen LogP contribution is 2.33. The topological polar surface area (TPSA) is 59.9 Å². The average molecular weight is 445 g/mol. The lowest BCUT2D eigenvalue weighted by atomic mass is 10.1. The summed E-state index contributed by atoms with van der Waals surface area (Å²) >= 11 is 1.33. The lowest BCUT2D eigenvalue weighted by Gasteiger charge is -2.11. The van der Waals surface area contributed by atoms with Gasteiger partial charge in [-0.25, -0.2) is 4.99 Å². The van der Waals surface area contributed by atoms with Crippen LogP contribution in [-0.4, -0.2) is 18.2 Å². The van der Waals surface area contributed by atoms with E-state index in [9.17, 15) is 4.79 Å². The van der Waals surface area contributed by atoms with Gasteiger partial charge in [-0.1, -0.05) is 54.6 Å². The van der Waals surface area contributed by atoms with Crippen molar-refractivity contribution in [1.29, 1.82) is 0 Å². The van der Waals surface area contributed by atoms with Gasteiger partial charge in [-0.05, 0) is 66.1 Å². The Kier molecular flexibility index (Phi) is 6.61. The molecule has 1 aliphatic heterocycles. The second kappa shape index (κ2) is 9.75. The van der Waals surface area contributed by atoms with Gasteiger partial charge in [-0.2, -0.15) is 0 Å². The molecule has 1 aliphatic rings. The first kappa shape index (κ1) is 21.7. The average Bonchev–Trinajstić information content (AvgIpc) is 3.14. The number of benzene rings is 3. The number of hydrogen-bond donors (Lipinski definition) is 1. The summed E-state index contributed by atoms with van der Waals surface area (Å²) in [5.74, 6) is 1.10. The second-order valence-corrected chi connectivity index (χ2v) is 8.44. The van der Waals surface area contributed by atoms with E-state index in [-0.39, 0.29) is 5.91 Å². The lowest BCUT2D eigenvalue weighted by Crippen LogP contribution is -2.19. The van der Waals surface area contributed by atoms with Crippen molar-refractivity contribution in [1.82, 2.24) is 5.32 Å². The van der Waals surface area contributed by atoms with E-state index in [0.717, 1.165) is 27.9 Å². The van der Waals surface area contributed by atoms with Crippen LogP contribution in [0.1, 0.15) is 22.3 Å². The molecule has 0 radical (unpaired) electrons. The molecular formula is C26H24N2O3S. The zero-order valence-electron chi connectivity index (χ0n) is 18.2. The van der Waals surface area contributed by atoms with Crippen molar-refractivity contribution in [2.24, 2.45) is 4.99 Å².